The molecule has 3 heteroatoms. The summed E-state index contributed by atoms with van der Waals surface area (Å²) in [4.78, 5) is 4.42. The molecule has 1 aromatic rings. The van der Waals surface area contributed by atoms with Crippen LogP contribution in [-0.4, -0.2) is 23.6 Å². The SMILES string of the molecule is c1cnc2c(c1)CC[C@@H](CCCCNC1CC1)N2. The van der Waals surface area contributed by atoms with Gasteiger partial charge in [0.2, 0.25) is 0 Å². The van der Waals surface area contributed by atoms with E-state index in [9.17, 15) is 0 Å². The second kappa shape index (κ2) is 5.70. The zero-order valence-corrected chi connectivity index (χ0v) is 11.0. The molecule has 18 heavy (non-hydrogen) atoms. The molecule has 0 bridgehead atoms. The van der Waals surface area contributed by atoms with Gasteiger partial charge in [0, 0.05) is 18.3 Å². The third-order valence-electron chi connectivity index (χ3n) is 3.98. The van der Waals surface area contributed by atoms with E-state index in [-0.39, 0.29) is 0 Å². The summed E-state index contributed by atoms with van der Waals surface area (Å²) in [7, 11) is 0. The van der Waals surface area contributed by atoms with Crippen molar-refractivity contribution in [1.82, 2.24) is 10.3 Å². The molecular formula is C15H23N3. The number of aromatic nitrogens is 1. The molecule has 0 aromatic carbocycles. The molecule has 0 unspecified atom stereocenters. The standard InChI is InChI=1S/C15H23N3/c1(2-10-16-13-8-9-13)5-14-7-6-12-4-3-11-17-15(12)18-14/h3-4,11,13-14,16H,1-2,5-10H2,(H,17,18)/t14-/m1/s1. The first-order valence-corrected chi connectivity index (χ1v) is 7.35. The maximum atomic E-state index is 4.42. The second-order valence-electron chi connectivity index (χ2n) is 5.62. The van der Waals surface area contributed by atoms with Gasteiger partial charge in [0.05, 0.1) is 0 Å². The Morgan fingerprint density at radius 2 is 2.22 bits per heavy atom. The molecule has 0 spiro atoms. The van der Waals surface area contributed by atoms with E-state index in [0.717, 1.165) is 11.9 Å². The van der Waals surface area contributed by atoms with Crippen LogP contribution in [0.5, 0.6) is 0 Å². The smallest absolute Gasteiger partial charge is 0.129 e. The molecule has 1 fully saturated rings. The lowest BCUT2D eigenvalue weighted by molar-refractivity contribution is 0.528. The number of nitrogens with one attached hydrogen (secondary N) is 2. The van der Waals surface area contributed by atoms with Crippen molar-refractivity contribution >= 4 is 5.82 Å². The molecule has 0 saturated heterocycles. The molecule has 2 aliphatic rings. The van der Waals surface area contributed by atoms with Crippen LogP contribution in [0.2, 0.25) is 0 Å². The summed E-state index contributed by atoms with van der Waals surface area (Å²) in [5.41, 5.74) is 1.38. The average molecular weight is 245 g/mol. The highest BCUT2D eigenvalue weighted by atomic mass is 15.0. The predicted octanol–water partition coefficient (Wildman–Crippen LogP) is 2.73. The number of rotatable bonds is 6. The summed E-state index contributed by atoms with van der Waals surface area (Å²) >= 11 is 0. The van der Waals surface area contributed by atoms with Crippen molar-refractivity contribution in [3.05, 3.63) is 23.9 Å². The van der Waals surface area contributed by atoms with Crippen LogP contribution in [0.1, 0.15) is 44.1 Å². The summed E-state index contributed by atoms with van der Waals surface area (Å²) < 4.78 is 0. The second-order valence-corrected chi connectivity index (χ2v) is 5.62. The average Bonchev–Trinajstić information content (AvgIpc) is 3.22. The highest BCUT2D eigenvalue weighted by molar-refractivity contribution is 5.46. The van der Waals surface area contributed by atoms with Crippen molar-refractivity contribution < 1.29 is 0 Å². The van der Waals surface area contributed by atoms with Crippen LogP contribution >= 0.6 is 0 Å². The van der Waals surface area contributed by atoms with Crippen molar-refractivity contribution in [2.45, 2.75) is 57.0 Å². The van der Waals surface area contributed by atoms with E-state index < -0.39 is 0 Å². The van der Waals surface area contributed by atoms with Crippen LogP contribution in [0, 0.1) is 0 Å². The molecule has 2 heterocycles. The summed E-state index contributed by atoms with van der Waals surface area (Å²) in [5.74, 6) is 1.12. The number of anilines is 1. The molecular weight excluding hydrogens is 222 g/mol. The van der Waals surface area contributed by atoms with Crippen molar-refractivity contribution in [2.75, 3.05) is 11.9 Å². The summed E-state index contributed by atoms with van der Waals surface area (Å²) in [6.07, 6.45) is 11.0. The lowest BCUT2D eigenvalue weighted by atomic mass is 9.97. The summed E-state index contributed by atoms with van der Waals surface area (Å²) in [5, 5.41) is 7.15. The number of nitrogens with zero attached hydrogens (tertiary/aromatic N) is 1. The van der Waals surface area contributed by atoms with E-state index in [1.807, 2.05) is 12.3 Å². The van der Waals surface area contributed by atoms with Gasteiger partial charge in [-0.05, 0) is 56.7 Å². The Morgan fingerprint density at radius 1 is 1.28 bits per heavy atom. The first-order chi connectivity index (χ1) is 8.92. The summed E-state index contributed by atoms with van der Waals surface area (Å²) in [6.45, 7) is 1.20. The van der Waals surface area contributed by atoms with Crippen molar-refractivity contribution in [1.29, 1.82) is 0 Å². The van der Waals surface area contributed by atoms with E-state index in [1.165, 1.54) is 57.1 Å². The fourth-order valence-electron chi connectivity index (χ4n) is 2.69. The van der Waals surface area contributed by atoms with Gasteiger partial charge < -0.3 is 10.6 Å². The van der Waals surface area contributed by atoms with E-state index in [4.69, 9.17) is 0 Å². The maximum Gasteiger partial charge on any atom is 0.129 e. The highest BCUT2D eigenvalue weighted by Crippen LogP contribution is 2.24. The molecule has 0 radical (unpaired) electrons. The Kier molecular flexibility index (Phi) is 3.79. The zero-order valence-electron chi connectivity index (χ0n) is 11.0. The van der Waals surface area contributed by atoms with Gasteiger partial charge in [0.15, 0.2) is 0 Å². The zero-order chi connectivity index (χ0) is 12.2. The Morgan fingerprint density at radius 3 is 3.11 bits per heavy atom. The third-order valence-corrected chi connectivity index (χ3v) is 3.98. The van der Waals surface area contributed by atoms with Gasteiger partial charge in [0.1, 0.15) is 5.82 Å². The van der Waals surface area contributed by atoms with Crippen molar-refractivity contribution in [3.63, 3.8) is 0 Å². The number of aryl methyl sites for hydroxylation is 1. The molecule has 3 nitrogen and oxygen atoms in total. The molecule has 1 atom stereocenters. The lowest BCUT2D eigenvalue weighted by Crippen LogP contribution is -2.26. The van der Waals surface area contributed by atoms with Gasteiger partial charge in [-0.25, -0.2) is 4.98 Å². The Hall–Kier alpha value is -1.09. The minimum absolute atomic E-state index is 0.633. The van der Waals surface area contributed by atoms with Gasteiger partial charge in [-0.3, -0.25) is 0 Å². The molecule has 1 aliphatic carbocycles. The fraction of sp³-hybridized carbons (Fsp3) is 0.667. The minimum atomic E-state index is 0.633. The normalized spacial score (nSPS) is 22.3. The Labute approximate surface area is 109 Å². The van der Waals surface area contributed by atoms with Crippen LogP contribution in [0.15, 0.2) is 18.3 Å². The molecule has 3 rings (SSSR count). The Bertz CT molecular complexity index is 387. The lowest BCUT2D eigenvalue weighted by Gasteiger charge is -2.26. The molecule has 0 amide bonds. The van der Waals surface area contributed by atoms with Crippen LogP contribution in [0.4, 0.5) is 5.82 Å². The van der Waals surface area contributed by atoms with Crippen LogP contribution in [0.3, 0.4) is 0 Å². The van der Waals surface area contributed by atoms with Crippen LogP contribution in [-0.2, 0) is 6.42 Å². The molecule has 98 valence electrons. The monoisotopic (exact) mass is 245 g/mol. The predicted molar refractivity (Wildman–Crippen MR) is 74.8 cm³/mol. The Balaban J connectivity index is 1.36. The molecule has 1 saturated carbocycles. The van der Waals surface area contributed by atoms with E-state index in [0.29, 0.717) is 6.04 Å². The van der Waals surface area contributed by atoms with Gasteiger partial charge in [0.25, 0.3) is 0 Å². The molecule has 2 N–H and O–H groups in total. The number of hydrogen-bond acceptors (Lipinski definition) is 3. The molecule has 1 aromatic heterocycles. The van der Waals surface area contributed by atoms with E-state index in [2.05, 4.69) is 21.7 Å². The quantitative estimate of drug-likeness (QED) is 0.757. The number of pyridine rings is 1. The highest BCUT2D eigenvalue weighted by Gasteiger charge is 2.20. The molecule has 1 aliphatic heterocycles. The van der Waals surface area contributed by atoms with E-state index in [1.54, 1.807) is 0 Å². The number of fused-ring (bicyclic) bond motifs is 1. The fourth-order valence-corrected chi connectivity index (χ4v) is 2.69. The van der Waals surface area contributed by atoms with Crippen molar-refractivity contribution in [3.8, 4) is 0 Å². The van der Waals surface area contributed by atoms with Crippen LogP contribution in [0.25, 0.3) is 0 Å². The minimum Gasteiger partial charge on any atom is -0.367 e. The van der Waals surface area contributed by atoms with Crippen LogP contribution < -0.4 is 10.6 Å². The van der Waals surface area contributed by atoms with Gasteiger partial charge >= 0.3 is 0 Å². The van der Waals surface area contributed by atoms with Crippen molar-refractivity contribution in [2.24, 2.45) is 0 Å². The first kappa shape index (κ1) is 12.0. The van der Waals surface area contributed by atoms with Gasteiger partial charge in [-0.1, -0.05) is 12.5 Å². The third kappa shape index (κ3) is 3.22. The number of hydrogen-bond donors (Lipinski definition) is 2. The topological polar surface area (TPSA) is 37.0 Å². The van der Waals surface area contributed by atoms with E-state index >= 15 is 0 Å². The maximum absolute atomic E-state index is 4.42. The first-order valence-electron chi connectivity index (χ1n) is 7.35. The summed E-state index contributed by atoms with van der Waals surface area (Å²) in [6, 6.07) is 5.71. The van der Waals surface area contributed by atoms with Gasteiger partial charge in [-0.15, -0.1) is 0 Å². The van der Waals surface area contributed by atoms with Gasteiger partial charge in [-0.2, -0.15) is 0 Å². The number of unbranched alkanes of at least 4 members (excludes halogenated alkanes) is 1. The largest absolute Gasteiger partial charge is 0.367 e.